The predicted molar refractivity (Wildman–Crippen MR) is 140 cm³/mol. The first-order valence-electron chi connectivity index (χ1n) is 11.2. The lowest BCUT2D eigenvalue weighted by molar-refractivity contribution is -0.116. The molecule has 0 aromatic heterocycles. The number of anilines is 1. The standard InChI is InChI=1S/C23H39N5O2.HI/c1-6-24-23(25-12-7-14-28(17(2)3)18(4)5)26-13-15-30-20-9-10-21-19(16-20)8-11-22(29)27-21;/h9-10,16-18H,6-8,11-15H2,1-5H3,(H,27,29)(H2,24,25,26);1H. The van der Waals surface area contributed by atoms with Gasteiger partial charge in [-0.05, 0) is 71.2 Å². The largest absolute Gasteiger partial charge is 0.492 e. The molecule has 176 valence electrons. The van der Waals surface area contributed by atoms with E-state index in [0.717, 1.165) is 55.4 Å². The van der Waals surface area contributed by atoms with Crippen molar-refractivity contribution in [3.63, 3.8) is 0 Å². The quantitative estimate of drug-likeness (QED) is 0.171. The summed E-state index contributed by atoms with van der Waals surface area (Å²) in [4.78, 5) is 18.6. The fourth-order valence-electron chi connectivity index (χ4n) is 3.69. The Morgan fingerprint density at radius 1 is 1.19 bits per heavy atom. The summed E-state index contributed by atoms with van der Waals surface area (Å²) in [5.74, 6) is 1.74. The second-order valence-electron chi connectivity index (χ2n) is 8.18. The van der Waals surface area contributed by atoms with Crippen molar-refractivity contribution < 1.29 is 9.53 Å². The number of nitrogens with zero attached hydrogens (tertiary/aromatic N) is 2. The molecule has 2 rings (SSSR count). The van der Waals surface area contributed by atoms with E-state index in [2.05, 4.69) is 60.5 Å². The van der Waals surface area contributed by atoms with E-state index in [9.17, 15) is 4.79 Å². The molecule has 0 unspecified atom stereocenters. The van der Waals surface area contributed by atoms with Crippen LogP contribution in [0.1, 0.15) is 53.0 Å². The van der Waals surface area contributed by atoms with E-state index in [1.807, 2.05) is 18.2 Å². The lowest BCUT2D eigenvalue weighted by Crippen LogP contribution is -2.40. The molecule has 0 spiro atoms. The molecule has 1 aliphatic rings. The number of nitrogens with one attached hydrogen (secondary N) is 3. The Labute approximate surface area is 204 Å². The number of halogens is 1. The molecule has 0 aliphatic carbocycles. The third kappa shape index (κ3) is 9.64. The van der Waals surface area contributed by atoms with Gasteiger partial charge in [0.05, 0.1) is 6.54 Å². The zero-order chi connectivity index (χ0) is 21.9. The Morgan fingerprint density at radius 2 is 1.94 bits per heavy atom. The predicted octanol–water partition coefficient (Wildman–Crippen LogP) is 3.63. The molecular weight excluding hydrogens is 505 g/mol. The second-order valence-corrected chi connectivity index (χ2v) is 8.18. The summed E-state index contributed by atoms with van der Waals surface area (Å²) in [5, 5.41) is 9.52. The minimum Gasteiger partial charge on any atom is -0.492 e. The van der Waals surface area contributed by atoms with Crippen LogP contribution >= 0.6 is 24.0 Å². The van der Waals surface area contributed by atoms with Crippen LogP contribution < -0.4 is 20.7 Å². The average molecular weight is 546 g/mol. The van der Waals surface area contributed by atoms with Crippen molar-refractivity contribution in [3.05, 3.63) is 23.8 Å². The van der Waals surface area contributed by atoms with Crippen LogP contribution in [0.5, 0.6) is 5.75 Å². The van der Waals surface area contributed by atoms with Crippen molar-refractivity contribution in [2.24, 2.45) is 4.99 Å². The fourth-order valence-corrected chi connectivity index (χ4v) is 3.69. The number of rotatable bonds is 11. The first kappa shape index (κ1) is 27.5. The van der Waals surface area contributed by atoms with E-state index in [1.165, 1.54) is 0 Å². The highest BCUT2D eigenvalue weighted by Gasteiger charge is 2.15. The van der Waals surface area contributed by atoms with Gasteiger partial charge in [0.1, 0.15) is 12.4 Å². The number of benzene rings is 1. The maximum absolute atomic E-state index is 11.5. The van der Waals surface area contributed by atoms with Crippen LogP contribution in [0, 0.1) is 0 Å². The molecule has 1 aromatic rings. The first-order valence-corrected chi connectivity index (χ1v) is 11.2. The van der Waals surface area contributed by atoms with E-state index in [1.54, 1.807) is 0 Å². The van der Waals surface area contributed by atoms with Crippen molar-refractivity contribution in [3.8, 4) is 5.75 Å². The molecule has 3 N–H and O–H groups in total. The van der Waals surface area contributed by atoms with Crippen LogP contribution in [-0.2, 0) is 11.2 Å². The van der Waals surface area contributed by atoms with Gasteiger partial charge in [0.2, 0.25) is 5.91 Å². The van der Waals surface area contributed by atoms with E-state index in [4.69, 9.17) is 4.74 Å². The van der Waals surface area contributed by atoms with Gasteiger partial charge in [-0.25, -0.2) is 0 Å². The monoisotopic (exact) mass is 545 g/mol. The number of carbonyl (C=O) groups is 1. The molecular formula is C23H40IN5O2. The molecule has 8 heteroatoms. The van der Waals surface area contributed by atoms with Crippen LogP contribution in [0.25, 0.3) is 0 Å². The van der Waals surface area contributed by atoms with Crippen LogP contribution in [0.15, 0.2) is 23.2 Å². The lowest BCUT2D eigenvalue weighted by atomic mass is 10.0. The molecule has 0 fully saturated rings. The first-order chi connectivity index (χ1) is 14.4. The lowest BCUT2D eigenvalue weighted by Gasteiger charge is -2.30. The Morgan fingerprint density at radius 3 is 2.61 bits per heavy atom. The number of guanidine groups is 1. The van der Waals surface area contributed by atoms with Gasteiger partial charge < -0.3 is 20.7 Å². The van der Waals surface area contributed by atoms with Crippen molar-refractivity contribution in [1.29, 1.82) is 0 Å². The summed E-state index contributed by atoms with van der Waals surface area (Å²) in [6.07, 6.45) is 2.33. The second kappa shape index (κ2) is 14.5. The summed E-state index contributed by atoms with van der Waals surface area (Å²) in [6.45, 7) is 14.9. The molecule has 0 radical (unpaired) electrons. The number of ether oxygens (including phenoxy) is 1. The van der Waals surface area contributed by atoms with Gasteiger partial charge in [-0.1, -0.05) is 0 Å². The number of hydrogen-bond acceptors (Lipinski definition) is 4. The third-order valence-electron chi connectivity index (χ3n) is 5.15. The summed E-state index contributed by atoms with van der Waals surface area (Å²) in [5.41, 5.74) is 2.03. The highest BCUT2D eigenvalue weighted by atomic mass is 127. The Bertz CT molecular complexity index is 701. The molecule has 1 amide bonds. The molecule has 1 aromatic carbocycles. The van der Waals surface area contributed by atoms with Gasteiger partial charge in [-0.3, -0.25) is 14.7 Å². The van der Waals surface area contributed by atoms with Gasteiger partial charge in [-0.15, -0.1) is 24.0 Å². The number of aliphatic imine (C=N–C) groups is 1. The van der Waals surface area contributed by atoms with Gasteiger partial charge in [0.25, 0.3) is 0 Å². The number of carbonyl (C=O) groups excluding carboxylic acids is 1. The molecule has 0 atom stereocenters. The average Bonchev–Trinajstić information content (AvgIpc) is 2.70. The maximum Gasteiger partial charge on any atom is 0.224 e. The minimum absolute atomic E-state index is 0. The number of amides is 1. The number of fused-ring (bicyclic) bond motifs is 1. The molecule has 31 heavy (non-hydrogen) atoms. The summed E-state index contributed by atoms with van der Waals surface area (Å²) < 4.78 is 5.87. The van der Waals surface area contributed by atoms with E-state index >= 15 is 0 Å². The molecule has 7 nitrogen and oxygen atoms in total. The van der Waals surface area contributed by atoms with E-state index < -0.39 is 0 Å². The normalized spacial score (nSPS) is 13.7. The summed E-state index contributed by atoms with van der Waals surface area (Å²) in [7, 11) is 0. The van der Waals surface area contributed by atoms with Crippen LogP contribution in [0.4, 0.5) is 5.69 Å². The zero-order valence-corrected chi connectivity index (χ0v) is 22.0. The van der Waals surface area contributed by atoms with Gasteiger partial charge in [-0.2, -0.15) is 0 Å². The van der Waals surface area contributed by atoms with E-state index in [-0.39, 0.29) is 29.9 Å². The molecule has 1 heterocycles. The SMILES string of the molecule is CCNC(=NCCCN(C(C)C)C(C)C)NCCOc1ccc2c(c1)CCC(=O)N2.I. The van der Waals surface area contributed by atoms with Crippen molar-refractivity contribution in [1.82, 2.24) is 15.5 Å². The Balaban J connectivity index is 0.00000480. The Hall–Kier alpha value is -1.55. The van der Waals surface area contributed by atoms with Gasteiger partial charge >= 0.3 is 0 Å². The topological polar surface area (TPSA) is 78.0 Å². The van der Waals surface area contributed by atoms with Crippen molar-refractivity contribution >= 4 is 41.5 Å². The number of hydrogen-bond donors (Lipinski definition) is 3. The minimum atomic E-state index is 0. The molecule has 0 saturated carbocycles. The fraction of sp³-hybridized carbons (Fsp3) is 0.652. The smallest absolute Gasteiger partial charge is 0.224 e. The van der Waals surface area contributed by atoms with Crippen LogP contribution in [0.2, 0.25) is 0 Å². The summed E-state index contributed by atoms with van der Waals surface area (Å²) in [6, 6.07) is 6.94. The third-order valence-corrected chi connectivity index (χ3v) is 5.15. The van der Waals surface area contributed by atoms with Crippen molar-refractivity contribution in [2.45, 2.75) is 66.0 Å². The highest BCUT2D eigenvalue weighted by Crippen LogP contribution is 2.26. The summed E-state index contributed by atoms with van der Waals surface area (Å²) >= 11 is 0. The van der Waals surface area contributed by atoms with E-state index in [0.29, 0.717) is 31.7 Å². The maximum atomic E-state index is 11.5. The van der Waals surface area contributed by atoms with Gasteiger partial charge in [0, 0.05) is 43.8 Å². The van der Waals surface area contributed by atoms with Crippen molar-refractivity contribution in [2.75, 3.05) is 38.1 Å². The highest BCUT2D eigenvalue weighted by molar-refractivity contribution is 14.0. The molecule has 0 saturated heterocycles. The number of aryl methyl sites for hydroxylation is 1. The van der Waals surface area contributed by atoms with Gasteiger partial charge in [0.15, 0.2) is 5.96 Å². The Kier molecular flexibility index (Phi) is 12.9. The van der Waals surface area contributed by atoms with Crippen LogP contribution in [0.3, 0.4) is 0 Å². The molecule has 1 aliphatic heterocycles. The zero-order valence-electron chi connectivity index (χ0n) is 19.7. The molecule has 0 bridgehead atoms. The van der Waals surface area contributed by atoms with Crippen LogP contribution in [-0.4, -0.2) is 61.6 Å².